The van der Waals surface area contributed by atoms with E-state index in [4.69, 9.17) is 4.84 Å². The SMILES string of the molecule is C=C/C(=C\C=C/N(I)OC)C(C)CC. The van der Waals surface area contributed by atoms with E-state index in [0.717, 1.165) is 6.42 Å². The summed E-state index contributed by atoms with van der Waals surface area (Å²) >= 11 is 2.06. The maximum Gasteiger partial charge on any atom is 0.0897 e. The van der Waals surface area contributed by atoms with E-state index < -0.39 is 0 Å². The Morgan fingerprint density at radius 3 is 2.71 bits per heavy atom. The van der Waals surface area contributed by atoms with Gasteiger partial charge in [0.25, 0.3) is 0 Å². The average Bonchev–Trinajstić information content (AvgIpc) is 2.22. The Kier molecular flexibility index (Phi) is 7.89. The Labute approximate surface area is 101 Å². The van der Waals surface area contributed by atoms with Gasteiger partial charge in [0, 0.05) is 6.20 Å². The lowest BCUT2D eigenvalue weighted by atomic mass is 9.98. The molecule has 2 nitrogen and oxygen atoms in total. The fourth-order valence-corrected chi connectivity index (χ4v) is 1.14. The van der Waals surface area contributed by atoms with Crippen LogP contribution in [0.1, 0.15) is 20.3 Å². The van der Waals surface area contributed by atoms with Gasteiger partial charge in [-0.1, -0.05) is 32.6 Å². The lowest BCUT2D eigenvalue weighted by molar-refractivity contribution is 0.0256. The molecule has 80 valence electrons. The maximum absolute atomic E-state index is 4.93. The van der Waals surface area contributed by atoms with Gasteiger partial charge in [0.2, 0.25) is 0 Å². The summed E-state index contributed by atoms with van der Waals surface area (Å²) in [7, 11) is 1.63. The molecule has 0 rings (SSSR count). The van der Waals surface area contributed by atoms with Crippen LogP contribution in [0.2, 0.25) is 0 Å². The Hall–Kier alpha value is -0.290. The van der Waals surface area contributed by atoms with E-state index >= 15 is 0 Å². The van der Waals surface area contributed by atoms with E-state index in [1.807, 2.05) is 18.4 Å². The van der Waals surface area contributed by atoms with Gasteiger partial charge in [-0.15, -0.1) is 0 Å². The minimum absolute atomic E-state index is 0.558. The first kappa shape index (κ1) is 13.7. The van der Waals surface area contributed by atoms with Crippen molar-refractivity contribution in [3.8, 4) is 0 Å². The highest BCUT2D eigenvalue weighted by Crippen LogP contribution is 2.15. The van der Waals surface area contributed by atoms with Crippen LogP contribution in [0.15, 0.2) is 36.6 Å². The third kappa shape index (κ3) is 5.44. The van der Waals surface area contributed by atoms with Crippen molar-refractivity contribution < 1.29 is 4.84 Å². The van der Waals surface area contributed by atoms with Crippen LogP contribution in [-0.2, 0) is 4.84 Å². The number of nitrogens with zero attached hydrogens (tertiary/aromatic N) is 1. The van der Waals surface area contributed by atoms with Crippen molar-refractivity contribution >= 4 is 22.9 Å². The highest BCUT2D eigenvalue weighted by molar-refractivity contribution is 14.1. The smallest absolute Gasteiger partial charge is 0.0897 e. The van der Waals surface area contributed by atoms with E-state index in [2.05, 4.69) is 49.4 Å². The number of hydrogen-bond donors (Lipinski definition) is 0. The fourth-order valence-electron chi connectivity index (χ4n) is 0.952. The molecule has 0 fully saturated rings. The molecule has 0 radical (unpaired) electrons. The zero-order valence-corrected chi connectivity index (χ0v) is 11.2. The molecule has 0 aromatic heterocycles. The summed E-state index contributed by atoms with van der Waals surface area (Å²) in [5.74, 6) is 0.558. The number of rotatable bonds is 6. The molecule has 0 N–H and O–H groups in total. The Morgan fingerprint density at radius 2 is 2.29 bits per heavy atom. The van der Waals surface area contributed by atoms with Gasteiger partial charge in [0.15, 0.2) is 0 Å². The van der Waals surface area contributed by atoms with Crippen LogP contribution in [0.4, 0.5) is 0 Å². The topological polar surface area (TPSA) is 12.5 Å². The van der Waals surface area contributed by atoms with Gasteiger partial charge in [-0.3, -0.25) is 4.84 Å². The molecular weight excluding hydrogens is 289 g/mol. The molecule has 0 aliphatic heterocycles. The van der Waals surface area contributed by atoms with E-state index in [1.165, 1.54) is 5.57 Å². The van der Waals surface area contributed by atoms with Crippen LogP contribution in [0.25, 0.3) is 0 Å². The molecule has 0 aromatic carbocycles. The van der Waals surface area contributed by atoms with Crippen LogP contribution in [0.3, 0.4) is 0 Å². The average molecular weight is 307 g/mol. The lowest BCUT2D eigenvalue weighted by Gasteiger charge is -2.09. The first-order valence-corrected chi connectivity index (χ1v) is 5.62. The number of allylic oxidation sites excluding steroid dienone is 4. The van der Waals surface area contributed by atoms with Crippen molar-refractivity contribution in [2.24, 2.45) is 5.92 Å². The second kappa shape index (κ2) is 8.05. The summed E-state index contributed by atoms with van der Waals surface area (Å²) in [6.45, 7) is 8.17. The zero-order chi connectivity index (χ0) is 11.0. The first-order valence-electron chi connectivity index (χ1n) is 4.65. The molecule has 0 aromatic rings. The minimum atomic E-state index is 0.558. The summed E-state index contributed by atoms with van der Waals surface area (Å²) < 4.78 is 1.62. The van der Waals surface area contributed by atoms with Crippen molar-refractivity contribution in [1.29, 1.82) is 0 Å². The van der Waals surface area contributed by atoms with Crippen LogP contribution < -0.4 is 0 Å². The standard InChI is InChI=1S/C11H18INO/c1-5-10(3)11(6-2)8-7-9-13(12)14-4/h6-10H,2,5H2,1,3-4H3/b9-7-,11-8+. The predicted molar refractivity (Wildman–Crippen MR) is 69.7 cm³/mol. The van der Waals surface area contributed by atoms with Gasteiger partial charge in [-0.05, 0) is 24.0 Å². The molecule has 0 spiro atoms. The van der Waals surface area contributed by atoms with E-state index in [1.54, 1.807) is 10.4 Å². The molecule has 1 unspecified atom stereocenters. The summed E-state index contributed by atoms with van der Waals surface area (Å²) in [5.41, 5.74) is 1.25. The molecule has 0 bridgehead atoms. The first-order chi connectivity index (χ1) is 6.65. The third-order valence-corrected chi connectivity index (χ3v) is 2.80. The molecule has 3 heteroatoms. The molecule has 0 aliphatic carbocycles. The van der Waals surface area contributed by atoms with Crippen LogP contribution >= 0.6 is 22.9 Å². The van der Waals surface area contributed by atoms with Crippen molar-refractivity contribution in [2.75, 3.05) is 7.11 Å². The van der Waals surface area contributed by atoms with Gasteiger partial charge in [-0.25, -0.2) is 3.28 Å². The lowest BCUT2D eigenvalue weighted by Crippen LogP contribution is -1.98. The molecule has 0 aliphatic rings. The Morgan fingerprint density at radius 1 is 1.64 bits per heavy atom. The summed E-state index contributed by atoms with van der Waals surface area (Å²) in [5, 5.41) is 0. The Bertz CT molecular complexity index is 223. The monoisotopic (exact) mass is 307 g/mol. The second-order valence-corrected chi connectivity index (χ2v) is 3.93. The molecule has 14 heavy (non-hydrogen) atoms. The fraction of sp³-hybridized carbons (Fsp3) is 0.455. The quantitative estimate of drug-likeness (QED) is 0.320. The molecule has 0 saturated heterocycles. The molecule has 1 atom stereocenters. The number of halogens is 1. The van der Waals surface area contributed by atoms with Gasteiger partial charge in [-0.2, -0.15) is 0 Å². The van der Waals surface area contributed by atoms with Crippen molar-refractivity contribution in [2.45, 2.75) is 20.3 Å². The van der Waals surface area contributed by atoms with Gasteiger partial charge >= 0.3 is 0 Å². The number of hydrogen-bond acceptors (Lipinski definition) is 2. The van der Waals surface area contributed by atoms with E-state index in [-0.39, 0.29) is 0 Å². The molecule has 0 heterocycles. The Balaban J connectivity index is 4.31. The summed E-state index contributed by atoms with van der Waals surface area (Å²) in [6, 6.07) is 0. The van der Waals surface area contributed by atoms with E-state index in [0.29, 0.717) is 5.92 Å². The van der Waals surface area contributed by atoms with Gasteiger partial charge < -0.3 is 0 Å². The summed E-state index contributed by atoms with van der Waals surface area (Å²) in [6.07, 6.45) is 8.91. The van der Waals surface area contributed by atoms with Crippen LogP contribution in [-0.4, -0.2) is 10.4 Å². The second-order valence-electron chi connectivity index (χ2n) is 2.98. The van der Waals surface area contributed by atoms with Crippen molar-refractivity contribution in [3.05, 3.63) is 36.6 Å². The largest absolute Gasteiger partial charge is 0.268 e. The third-order valence-electron chi connectivity index (χ3n) is 2.08. The number of hydroxylamine groups is 1. The highest BCUT2D eigenvalue weighted by Gasteiger charge is 2.00. The molecule has 0 saturated carbocycles. The molecule has 0 amide bonds. The highest BCUT2D eigenvalue weighted by atomic mass is 127. The summed E-state index contributed by atoms with van der Waals surface area (Å²) in [4.78, 5) is 4.93. The molecular formula is C11H18INO. The zero-order valence-electron chi connectivity index (χ0n) is 9.03. The normalized spacial score (nSPS) is 14.4. The van der Waals surface area contributed by atoms with Crippen LogP contribution in [0, 0.1) is 5.92 Å². The van der Waals surface area contributed by atoms with Crippen molar-refractivity contribution in [3.63, 3.8) is 0 Å². The van der Waals surface area contributed by atoms with Gasteiger partial charge in [0.05, 0.1) is 30.0 Å². The maximum atomic E-state index is 4.93. The predicted octanol–water partition coefficient (Wildman–Crippen LogP) is 3.87. The van der Waals surface area contributed by atoms with Gasteiger partial charge in [0.1, 0.15) is 0 Å². The van der Waals surface area contributed by atoms with Crippen LogP contribution in [0.5, 0.6) is 0 Å². The minimum Gasteiger partial charge on any atom is -0.268 e. The van der Waals surface area contributed by atoms with Crippen molar-refractivity contribution in [1.82, 2.24) is 3.28 Å². The van der Waals surface area contributed by atoms with E-state index in [9.17, 15) is 0 Å².